The van der Waals surface area contributed by atoms with Gasteiger partial charge in [-0.15, -0.1) is 0 Å². The predicted molar refractivity (Wildman–Crippen MR) is 112 cm³/mol. The number of anilines is 2. The molecule has 8 heteroatoms. The summed E-state index contributed by atoms with van der Waals surface area (Å²) in [5.74, 6) is -1.89. The number of hydrogen-bond acceptors (Lipinski definition) is 4. The number of ether oxygens (including phenoxy) is 1. The van der Waals surface area contributed by atoms with Gasteiger partial charge in [0.05, 0.1) is 5.92 Å². The summed E-state index contributed by atoms with van der Waals surface area (Å²) in [6.45, 7) is 3.47. The fraction of sp³-hybridized carbons (Fsp3) is 0.286. The van der Waals surface area contributed by atoms with Gasteiger partial charge >= 0.3 is 5.97 Å². The number of carbonyl (C=O) groups is 3. The summed E-state index contributed by atoms with van der Waals surface area (Å²) in [6, 6.07) is 10.4. The van der Waals surface area contributed by atoms with Crippen molar-refractivity contribution in [1.29, 1.82) is 0 Å². The SMILES string of the molecule is Cc1ccc(NC(=O)COC(=O)[C@H]2CC(=O)N(c3ccc(C)c(Cl)c3)C2)cc1Cl. The van der Waals surface area contributed by atoms with Crippen molar-refractivity contribution in [2.24, 2.45) is 5.92 Å². The summed E-state index contributed by atoms with van der Waals surface area (Å²) in [5.41, 5.74) is 2.94. The van der Waals surface area contributed by atoms with Gasteiger partial charge in [0.1, 0.15) is 0 Å². The number of carbonyl (C=O) groups excluding carboxylic acids is 3. The van der Waals surface area contributed by atoms with Crippen LogP contribution in [0.25, 0.3) is 0 Å². The Morgan fingerprint density at radius 3 is 2.41 bits per heavy atom. The van der Waals surface area contributed by atoms with Crippen LogP contribution < -0.4 is 10.2 Å². The molecule has 2 aromatic rings. The molecule has 0 radical (unpaired) electrons. The Bertz CT molecular complexity index is 977. The highest BCUT2D eigenvalue weighted by molar-refractivity contribution is 6.32. The van der Waals surface area contributed by atoms with E-state index < -0.39 is 24.4 Å². The average molecular weight is 435 g/mol. The molecule has 1 aliphatic heterocycles. The lowest BCUT2D eigenvalue weighted by molar-refractivity contribution is -0.151. The first-order valence-electron chi connectivity index (χ1n) is 9.03. The number of halogens is 2. The normalized spacial score (nSPS) is 16.1. The second-order valence-electron chi connectivity index (χ2n) is 6.96. The molecule has 1 fully saturated rings. The number of rotatable bonds is 5. The lowest BCUT2D eigenvalue weighted by atomic mass is 10.1. The van der Waals surface area contributed by atoms with Crippen molar-refractivity contribution in [1.82, 2.24) is 0 Å². The first kappa shape index (κ1) is 21.1. The van der Waals surface area contributed by atoms with Crippen LogP contribution in [0.1, 0.15) is 17.5 Å². The van der Waals surface area contributed by atoms with E-state index in [1.807, 2.05) is 19.9 Å². The standard InChI is InChI=1S/C21H20Cl2N2O4/c1-12-3-5-15(8-17(12)22)24-19(26)11-29-21(28)14-7-20(27)25(10-14)16-6-4-13(2)18(23)9-16/h3-6,8-9,14H,7,10-11H2,1-2H3,(H,24,26)/t14-/m0/s1. The minimum atomic E-state index is -0.635. The molecule has 1 atom stereocenters. The van der Waals surface area contributed by atoms with Gasteiger partial charge in [-0.25, -0.2) is 0 Å². The number of aryl methyl sites for hydroxylation is 2. The first-order chi connectivity index (χ1) is 13.7. The molecule has 29 heavy (non-hydrogen) atoms. The number of amides is 2. The highest BCUT2D eigenvalue weighted by Gasteiger charge is 2.36. The summed E-state index contributed by atoms with van der Waals surface area (Å²) >= 11 is 12.2. The van der Waals surface area contributed by atoms with E-state index in [1.54, 1.807) is 30.3 Å². The van der Waals surface area contributed by atoms with Crippen LogP contribution in [0.4, 0.5) is 11.4 Å². The van der Waals surface area contributed by atoms with E-state index in [4.69, 9.17) is 27.9 Å². The summed E-state index contributed by atoms with van der Waals surface area (Å²) in [7, 11) is 0. The van der Waals surface area contributed by atoms with Gasteiger partial charge in [0.2, 0.25) is 5.91 Å². The molecule has 0 unspecified atom stereocenters. The molecule has 0 aromatic heterocycles. The van der Waals surface area contributed by atoms with Gasteiger partial charge in [-0.3, -0.25) is 14.4 Å². The highest BCUT2D eigenvalue weighted by Crippen LogP contribution is 2.29. The van der Waals surface area contributed by atoms with Crippen LogP contribution >= 0.6 is 23.2 Å². The van der Waals surface area contributed by atoms with Crippen molar-refractivity contribution in [3.05, 3.63) is 57.6 Å². The summed E-state index contributed by atoms with van der Waals surface area (Å²) in [4.78, 5) is 38.2. The maximum absolute atomic E-state index is 12.3. The van der Waals surface area contributed by atoms with E-state index >= 15 is 0 Å². The van der Waals surface area contributed by atoms with Crippen molar-refractivity contribution in [3.8, 4) is 0 Å². The topological polar surface area (TPSA) is 75.7 Å². The molecular formula is C21H20Cl2N2O4. The molecule has 6 nitrogen and oxygen atoms in total. The van der Waals surface area contributed by atoms with Crippen LogP contribution in [0.3, 0.4) is 0 Å². The van der Waals surface area contributed by atoms with E-state index in [2.05, 4.69) is 5.32 Å². The molecule has 1 N–H and O–H groups in total. The van der Waals surface area contributed by atoms with Crippen LogP contribution in [0, 0.1) is 19.8 Å². The predicted octanol–water partition coefficient (Wildman–Crippen LogP) is 4.15. The second-order valence-corrected chi connectivity index (χ2v) is 7.77. The lowest BCUT2D eigenvalue weighted by Gasteiger charge is -2.17. The maximum atomic E-state index is 12.3. The molecule has 0 bridgehead atoms. The van der Waals surface area contributed by atoms with Gasteiger partial charge in [0.25, 0.3) is 5.91 Å². The molecule has 1 heterocycles. The summed E-state index contributed by atoms with van der Waals surface area (Å²) < 4.78 is 5.10. The Hall–Kier alpha value is -2.57. The van der Waals surface area contributed by atoms with Gasteiger partial charge < -0.3 is 15.0 Å². The molecule has 0 saturated carbocycles. The van der Waals surface area contributed by atoms with Gasteiger partial charge in [0.15, 0.2) is 6.61 Å². The lowest BCUT2D eigenvalue weighted by Crippen LogP contribution is -2.28. The van der Waals surface area contributed by atoms with Crippen molar-refractivity contribution < 1.29 is 19.1 Å². The third-order valence-corrected chi connectivity index (χ3v) is 5.54. The van der Waals surface area contributed by atoms with Gasteiger partial charge in [0, 0.05) is 34.4 Å². The Morgan fingerprint density at radius 1 is 1.10 bits per heavy atom. The zero-order valence-corrected chi connectivity index (χ0v) is 17.5. The van der Waals surface area contributed by atoms with E-state index in [0.29, 0.717) is 21.4 Å². The zero-order valence-electron chi connectivity index (χ0n) is 16.0. The third-order valence-electron chi connectivity index (χ3n) is 4.73. The summed E-state index contributed by atoms with van der Waals surface area (Å²) in [5, 5.41) is 3.70. The smallest absolute Gasteiger partial charge is 0.311 e. The third kappa shape index (κ3) is 5.08. The van der Waals surface area contributed by atoms with Crippen LogP contribution in [0.15, 0.2) is 36.4 Å². The molecule has 1 aliphatic rings. The average Bonchev–Trinajstić information content (AvgIpc) is 3.07. The molecule has 1 saturated heterocycles. The van der Waals surface area contributed by atoms with Crippen molar-refractivity contribution in [2.75, 3.05) is 23.4 Å². The maximum Gasteiger partial charge on any atom is 0.311 e. The van der Waals surface area contributed by atoms with Gasteiger partial charge in [-0.1, -0.05) is 35.3 Å². The fourth-order valence-electron chi connectivity index (χ4n) is 2.99. The van der Waals surface area contributed by atoms with Crippen molar-refractivity contribution >= 4 is 52.4 Å². The van der Waals surface area contributed by atoms with Crippen LogP contribution in [-0.2, 0) is 19.1 Å². The molecule has 2 aromatic carbocycles. The molecule has 0 spiro atoms. The van der Waals surface area contributed by atoms with E-state index in [1.165, 1.54) is 4.90 Å². The van der Waals surface area contributed by atoms with E-state index in [0.717, 1.165) is 11.1 Å². The minimum Gasteiger partial charge on any atom is -0.455 e. The quantitative estimate of drug-likeness (QED) is 0.717. The Labute approximate surface area is 178 Å². The van der Waals surface area contributed by atoms with E-state index in [9.17, 15) is 14.4 Å². The Morgan fingerprint density at radius 2 is 1.76 bits per heavy atom. The number of hydrogen-bond donors (Lipinski definition) is 1. The van der Waals surface area contributed by atoms with Crippen molar-refractivity contribution in [2.45, 2.75) is 20.3 Å². The molecule has 2 amide bonds. The fourth-order valence-corrected chi connectivity index (χ4v) is 3.34. The number of nitrogens with one attached hydrogen (secondary N) is 1. The van der Waals surface area contributed by atoms with Crippen molar-refractivity contribution in [3.63, 3.8) is 0 Å². The molecule has 3 rings (SSSR count). The van der Waals surface area contributed by atoms with Gasteiger partial charge in [-0.05, 0) is 49.2 Å². The van der Waals surface area contributed by atoms with Gasteiger partial charge in [-0.2, -0.15) is 0 Å². The number of benzene rings is 2. The minimum absolute atomic E-state index is 0.0273. The Kier molecular flexibility index (Phi) is 6.45. The zero-order chi connectivity index (χ0) is 21.1. The molecule has 0 aliphatic carbocycles. The molecular weight excluding hydrogens is 415 g/mol. The largest absolute Gasteiger partial charge is 0.455 e. The highest BCUT2D eigenvalue weighted by atomic mass is 35.5. The monoisotopic (exact) mass is 434 g/mol. The van der Waals surface area contributed by atoms with E-state index in [-0.39, 0.29) is 18.9 Å². The number of nitrogens with zero attached hydrogens (tertiary/aromatic N) is 1. The number of esters is 1. The molecule has 152 valence electrons. The Balaban J connectivity index is 1.54. The van der Waals surface area contributed by atoms with Crippen LogP contribution in [0.5, 0.6) is 0 Å². The van der Waals surface area contributed by atoms with Crippen LogP contribution in [-0.4, -0.2) is 30.9 Å². The second kappa shape index (κ2) is 8.84. The summed E-state index contributed by atoms with van der Waals surface area (Å²) in [6.07, 6.45) is 0.0273. The first-order valence-corrected chi connectivity index (χ1v) is 9.79. The van der Waals surface area contributed by atoms with Crippen LogP contribution in [0.2, 0.25) is 10.0 Å².